The molecule has 3 rings (SSSR count). The van der Waals surface area contributed by atoms with Gasteiger partial charge in [0, 0.05) is 24.0 Å². The fraction of sp³-hybridized carbons (Fsp3) is 0.350. The Labute approximate surface area is 162 Å². The van der Waals surface area contributed by atoms with Crippen LogP contribution in [0.5, 0.6) is 0 Å². The number of carbonyl (C=O) groups excluding carboxylic acids is 1. The second-order valence-corrected chi connectivity index (χ2v) is 7.03. The zero-order chi connectivity index (χ0) is 19.2. The number of rotatable bonds is 6. The molecule has 1 aromatic carbocycles. The lowest BCUT2D eigenvalue weighted by molar-refractivity contribution is -0.121. The molecule has 142 valence electrons. The van der Waals surface area contributed by atoms with Crippen LogP contribution in [0, 0.1) is 0 Å². The Morgan fingerprint density at radius 2 is 2.00 bits per heavy atom. The number of nitrogens with one attached hydrogen (secondary N) is 1. The van der Waals surface area contributed by atoms with E-state index < -0.39 is 11.1 Å². The summed E-state index contributed by atoms with van der Waals surface area (Å²) in [4.78, 5) is 36.8. The standard InChI is InChI=1S/C20H22ClN3O3/c21-16-7-4-8-17(13-16)24-12-11-23(19(26)20(24)27)14-18(25)22-10-9-15-5-2-1-3-6-15/h4-5,7-8,11-13H,1-3,6,9-10,14H2,(H,22,25). The van der Waals surface area contributed by atoms with Gasteiger partial charge in [0.2, 0.25) is 5.91 Å². The highest BCUT2D eigenvalue weighted by Gasteiger charge is 2.10. The summed E-state index contributed by atoms with van der Waals surface area (Å²) in [5.74, 6) is -0.284. The van der Waals surface area contributed by atoms with E-state index in [4.69, 9.17) is 11.6 Å². The summed E-state index contributed by atoms with van der Waals surface area (Å²) >= 11 is 5.94. The van der Waals surface area contributed by atoms with Crippen LogP contribution in [0.1, 0.15) is 32.1 Å². The van der Waals surface area contributed by atoms with Crippen molar-refractivity contribution in [2.24, 2.45) is 0 Å². The number of amides is 1. The Hall–Kier alpha value is -2.60. The Bertz CT molecular complexity index is 975. The van der Waals surface area contributed by atoms with Crippen LogP contribution >= 0.6 is 11.6 Å². The number of aromatic nitrogens is 2. The average Bonchev–Trinajstić information content (AvgIpc) is 2.66. The minimum atomic E-state index is -0.748. The summed E-state index contributed by atoms with van der Waals surface area (Å²) in [5, 5.41) is 3.28. The first-order chi connectivity index (χ1) is 13.0. The number of nitrogens with zero attached hydrogens (tertiary/aromatic N) is 2. The van der Waals surface area contributed by atoms with Gasteiger partial charge in [-0.2, -0.15) is 0 Å². The highest BCUT2D eigenvalue weighted by atomic mass is 35.5. The average molecular weight is 388 g/mol. The molecule has 0 fully saturated rings. The molecule has 6 nitrogen and oxygen atoms in total. The first-order valence-electron chi connectivity index (χ1n) is 9.07. The topological polar surface area (TPSA) is 73.1 Å². The summed E-state index contributed by atoms with van der Waals surface area (Å²) in [6.07, 6.45) is 10.6. The van der Waals surface area contributed by atoms with Crippen molar-refractivity contribution < 1.29 is 4.79 Å². The van der Waals surface area contributed by atoms with Crippen molar-refractivity contribution in [3.63, 3.8) is 0 Å². The van der Waals surface area contributed by atoms with Gasteiger partial charge in [-0.15, -0.1) is 0 Å². The smallest absolute Gasteiger partial charge is 0.320 e. The van der Waals surface area contributed by atoms with E-state index in [0.717, 1.165) is 23.8 Å². The molecule has 0 bridgehead atoms. The van der Waals surface area contributed by atoms with Gasteiger partial charge in [0.25, 0.3) is 0 Å². The van der Waals surface area contributed by atoms with Crippen LogP contribution in [-0.2, 0) is 11.3 Å². The highest BCUT2D eigenvalue weighted by molar-refractivity contribution is 6.30. The summed E-state index contributed by atoms with van der Waals surface area (Å²) in [5.41, 5.74) is 0.410. The van der Waals surface area contributed by atoms with Crippen LogP contribution in [0.25, 0.3) is 5.69 Å². The lowest BCUT2D eigenvalue weighted by Gasteiger charge is -2.13. The summed E-state index contributed by atoms with van der Waals surface area (Å²) in [7, 11) is 0. The molecule has 0 saturated heterocycles. The van der Waals surface area contributed by atoms with E-state index in [9.17, 15) is 14.4 Å². The second kappa shape index (κ2) is 8.86. The molecule has 2 aromatic rings. The number of benzene rings is 1. The number of hydrogen-bond donors (Lipinski definition) is 1. The fourth-order valence-corrected chi connectivity index (χ4v) is 3.35. The molecule has 1 amide bonds. The van der Waals surface area contributed by atoms with Crippen molar-refractivity contribution in [1.82, 2.24) is 14.5 Å². The van der Waals surface area contributed by atoms with Gasteiger partial charge in [-0.05, 0) is 50.3 Å². The molecule has 1 N–H and O–H groups in total. The van der Waals surface area contributed by atoms with Gasteiger partial charge in [-0.25, -0.2) is 0 Å². The molecule has 7 heteroatoms. The SMILES string of the molecule is O=C(Cn1ccn(-c2cccc(Cl)c2)c(=O)c1=O)NCCC1=CCCCC1. The van der Waals surface area contributed by atoms with E-state index in [-0.39, 0.29) is 12.5 Å². The van der Waals surface area contributed by atoms with Crippen LogP contribution in [0.2, 0.25) is 5.02 Å². The van der Waals surface area contributed by atoms with Gasteiger partial charge in [-0.1, -0.05) is 29.3 Å². The molecule has 0 aliphatic heterocycles. The summed E-state index contributed by atoms with van der Waals surface area (Å²) < 4.78 is 2.34. The van der Waals surface area contributed by atoms with E-state index in [2.05, 4.69) is 11.4 Å². The molecule has 0 atom stereocenters. The Morgan fingerprint density at radius 3 is 2.74 bits per heavy atom. The number of carbonyl (C=O) groups is 1. The highest BCUT2D eigenvalue weighted by Crippen LogP contribution is 2.19. The van der Waals surface area contributed by atoms with Crippen molar-refractivity contribution in [1.29, 1.82) is 0 Å². The maximum Gasteiger partial charge on any atom is 0.320 e. The molecule has 27 heavy (non-hydrogen) atoms. The van der Waals surface area contributed by atoms with Crippen molar-refractivity contribution in [3.8, 4) is 5.69 Å². The van der Waals surface area contributed by atoms with Gasteiger partial charge >= 0.3 is 11.1 Å². The molecule has 0 unspecified atom stereocenters. The van der Waals surface area contributed by atoms with Gasteiger partial charge in [0.05, 0.1) is 5.69 Å². The van der Waals surface area contributed by atoms with Crippen LogP contribution in [0.4, 0.5) is 0 Å². The first-order valence-corrected chi connectivity index (χ1v) is 9.45. The lowest BCUT2D eigenvalue weighted by atomic mass is 9.97. The maximum absolute atomic E-state index is 12.4. The molecule has 1 aliphatic rings. The predicted octanol–water partition coefficient (Wildman–Crippen LogP) is 2.66. The minimum absolute atomic E-state index is 0.177. The molecular formula is C20H22ClN3O3. The van der Waals surface area contributed by atoms with Crippen molar-refractivity contribution in [2.75, 3.05) is 6.54 Å². The van der Waals surface area contributed by atoms with Gasteiger partial charge in [0.1, 0.15) is 6.54 Å². The zero-order valence-corrected chi connectivity index (χ0v) is 15.7. The van der Waals surface area contributed by atoms with Crippen LogP contribution in [0.3, 0.4) is 0 Å². The van der Waals surface area contributed by atoms with Crippen molar-refractivity contribution in [3.05, 3.63) is 74.0 Å². The lowest BCUT2D eigenvalue weighted by Crippen LogP contribution is -2.42. The number of halogens is 1. The predicted molar refractivity (Wildman–Crippen MR) is 105 cm³/mol. The summed E-state index contributed by atoms with van der Waals surface area (Å²) in [6, 6.07) is 6.67. The van der Waals surface area contributed by atoms with Gasteiger partial charge in [-0.3, -0.25) is 23.5 Å². The fourth-order valence-electron chi connectivity index (χ4n) is 3.17. The van der Waals surface area contributed by atoms with E-state index in [0.29, 0.717) is 17.3 Å². The van der Waals surface area contributed by atoms with Gasteiger partial charge in [0.15, 0.2) is 0 Å². The Morgan fingerprint density at radius 1 is 1.15 bits per heavy atom. The first kappa shape index (κ1) is 19.2. The quantitative estimate of drug-likeness (QED) is 0.611. The third-order valence-corrected chi connectivity index (χ3v) is 4.85. The van der Waals surface area contributed by atoms with Crippen LogP contribution < -0.4 is 16.4 Å². The second-order valence-electron chi connectivity index (χ2n) is 6.59. The summed E-state index contributed by atoms with van der Waals surface area (Å²) in [6.45, 7) is 0.364. The van der Waals surface area contributed by atoms with Gasteiger partial charge < -0.3 is 5.32 Å². The molecular weight excluding hydrogens is 366 g/mol. The minimum Gasteiger partial charge on any atom is -0.354 e. The maximum atomic E-state index is 12.4. The van der Waals surface area contributed by atoms with Crippen molar-refractivity contribution >= 4 is 17.5 Å². The molecule has 0 saturated carbocycles. The van der Waals surface area contributed by atoms with Crippen LogP contribution in [-0.4, -0.2) is 21.6 Å². The van der Waals surface area contributed by atoms with E-state index in [1.807, 2.05) is 0 Å². The zero-order valence-electron chi connectivity index (χ0n) is 15.0. The number of allylic oxidation sites excluding steroid dienone is 1. The third-order valence-electron chi connectivity index (χ3n) is 4.61. The Balaban J connectivity index is 1.64. The third kappa shape index (κ3) is 4.98. The monoisotopic (exact) mass is 387 g/mol. The molecule has 1 heterocycles. The van der Waals surface area contributed by atoms with E-state index in [1.165, 1.54) is 35.4 Å². The van der Waals surface area contributed by atoms with Crippen LogP contribution in [0.15, 0.2) is 57.9 Å². The number of hydrogen-bond acceptors (Lipinski definition) is 3. The molecule has 0 radical (unpaired) electrons. The van der Waals surface area contributed by atoms with Crippen molar-refractivity contribution in [2.45, 2.75) is 38.6 Å². The molecule has 1 aliphatic carbocycles. The largest absolute Gasteiger partial charge is 0.354 e. The van der Waals surface area contributed by atoms with E-state index in [1.54, 1.807) is 24.3 Å². The molecule has 0 spiro atoms. The normalized spacial score (nSPS) is 13.9. The Kier molecular flexibility index (Phi) is 6.29. The molecule has 1 aromatic heterocycles. The van der Waals surface area contributed by atoms with E-state index >= 15 is 0 Å².